The molecule has 0 aliphatic carbocycles. The highest BCUT2D eigenvalue weighted by Gasteiger charge is 2.34. The number of likely N-dealkylation sites (N-methyl/N-ethyl adjacent to an activating group) is 1. The highest BCUT2D eigenvalue weighted by atomic mass is 19.1. The smallest absolute Gasteiger partial charge is 0.123 e. The Kier molecular flexibility index (Phi) is 4.57. The summed E-state index contributed by atoms with van der Waals surface area (Å²) in [5.41, 5.74) is 0.810. The molecule has 116 valence electrons. The lowest BCUT2D eigenvalue weighted by Gasteiger charge is -2.26. The molecular weight excluding hydrogens is 267 g/mol. The van der Waals surface area contributed by atoms with Gasteiger partial charge < -0.3 is 10.0 Å². The third-order valence-electron chi connectivity index (χ3n) is 5.21. The summed E-state index contributed by atoms with van der Waals surface area (Å²) in [5.74, 6) is -0.252. The molecule has 2 aliphatic rings. The Morgan fingerprint density at radius 2 is 1.90 bits per heavy atom. The molecule has 1 aromatic carbocycles. The molecule has 3 nitrogen and oxygen atoms in total. The monoisotopic (exact) mass is 292 g/mol. The van der Waals surface area contributed by atoms with E-state index in [2.05, 4.69) is 16.8 Å². The predicted molar refractivity (Wildman–Crippen MR) is 81.6 cm³/mol. The highest BCUT2D eigenvalue weighted by molar-refractivity contribution is 5.18. The van der Waals surface area contributed by atoms with Crippen molar-refractivity contribution in [3.8, 4) is 0 Å². The number of nitrogens with zero attached hydrogens (tertiary/aromatic N) is 2. The van der Waals surface area contributed by atoms with E-state index in [-0.39, 0.29) is 5.82 Å². The van der Waals surface area contributed by atoms with Gasteiger partial charge in [-0.2, -0.15) is 0 Å². The molecule has 1 aromatic rings. The molecule has 1 N–H and O–H groups in total. The van der Waals surface area contributed by atoms with Gasteiger partial charge in [0.2, 0.25) is 0 Å². The van der Waals surface area contributed by atoms with E-state index in [1.54, 1.807) is 12.1 Å². The van der Waals surface area contributed by atoms with Crippen LogP contribution < -0.4 is 0 Å². The van der Waals surface area contributed by atoms with Crippen LogP contribution in [0.5, 0.6) is 0 Å². The first-order valence-corrected chi connectivity index (χ1v) is 8.01. The van der Waals surface area contributed by atoms with Gasteiger partial charge in [-0.3, -0.25) is 4.90 Å². The second-order valence-electron chi connectivity index (χ2n) is 6.50. The number of likely N-dealkylation sites (tertiary alicyclic amines) is 1. The van der Waals surface area contributed by atoms with Crippen molar-refractivity contribution < 1.29 is 9.50 Å². The van der Waals surface area contributed by atoms with Gasteiger partial charge in [-0.15, -0.1) is 0 Å². The maximum Gasteiger partial charge on any atom is 0.123 e. The van der Waals surface area contributed by atoms with Gasteiger partial charge in [0, 0.05) is 25.2 Å². The van der Waals surface area contributed by atoms with Gasteiger partial charge in [-0.05, 0) is 57.0 Å². The van der Waals surface area contributed by atoms with Gasteiger partial charge in [0.15, 0.2) is 0 Å². The number of hydrogen-bond donors (Lipinski definition) is 1. The summed E-state index contributed by atoms with van der Waals surface area (Å²) in [7, 11) is 2.25. The number of benzene rings is 1. The SMILES string of the molecule is CN1C2CCC1CN(CCC(O)c1ccc(F)cc1)CC2. The molecule has 0 aromatic heterocycles. The summed E-state index contributed by atoms with van der Waals surface area (Å²) < 4.78 is 12.9. The van der Waals surface area contributed by atoms with E-state index in [0.717, 1.165) is 31.2 Å². The van der Waals surface area contributed by atoms with Crippen molar-refractivity contribution in [3.63, 3.8) is 0 Å². The minimum absolute atomic E-state index is 0.252. The quantitative estimate of drug-likeness (QED) is 0.923. The minimum atomic E-state index is -0.497. The Morgan fingerprint density at radius 3 is 2.67 bits per heavy atom. The van der Waals surface area contributed by atoms with E-state index >= 15 is 0 Å². The average Bonchev–Trinajstić information content (AvgIpc) is 2.72. The number of hydrogen-bond acceptors (Lipinski definition) is 3. The fourth-order valence-electron chi connectivity index (χ4n) is 3.74. The van der Waals surface area contributed by atoms with Crippen LogP contribution in [0, 0.1) is 5.82 Å². The second kappa shape index (κ2) is 6.42. The first kappa shape index (κ1) is 14.9. The van der Waals surface area contributed by atoms with E-state index in [1.165, 1.54) is 31.4 Å². The fourth-order valence-corrected chi connectivity index (χ4v) is 3.74. The number of aliphatic hydroxyl groups excluding tert-OH is 1. The number of aliphatic hydroxyl groups is 1. The van der Waals surface area contributed by atoms with Crippen LogP contribution >= 0.6 is 0 Å². The van der Waals surface area contributed by atoms with Crippen molar-refractivity contribution in [1.82, 2.24) is 9.80 Å². The Labute approximate surface area is 126 Å². The number of halogens is 1. The van der Waals surface area contributed by atoms with Crippen LogP contribution in [0.2, 0.25) is 0 Å². The van der Waals surface area contributed by atoms with Crippen LogP contribution in [0.1, 0.15) is 37.4 Å². The average molecular weight is 292 g/mol. The molecule has 0 saturated carbocycles. The molecule has 2 heterocycles. The van der Waals surface area contributed by atoms with Crippen LogP contribution in [0.15, 0.2) is 24.3 Å². The lowest BCUT2D eigenvalue weighted by molar-refractivity contribution is 0.137. The summed E-state index contributed by atoms with van der Waals surface area (Å²) in [5, 5.41) is 10.2. The molecule has 4 heteroatoms. The molecule has 2 saturated heterocycles. The van der Waals surface area contributed by atoms with Gasteiger partial charge in [0.25, 0.3) is 0 Å². The largest absolute Gasteiger partial charge is 0.388 e. The second-order valence-corrected chi connectivity index (χ2v) is 6.50. The maximum atomic E-state index is 12.9. The molecule has 0 amide bonds. The van der Waals surface area contributed by atoms with E-state index < -0.39 is 6.10 Å². The maximum absolute atomic E-state index is 12.9. The van der Waals surface area contributed by atoms with Crippen molar-refractivity contribution in [2.75, 3.05) is 26.7 Å². The zero-order valence-electron chi connectivity index (χ0n) is 12.7. The Hall–Kier alpha value is -0.970. The van der Waals surface area contributed by atoms with Crippen LogP contribution in [-0.2, 0) is 0 Å². The van der Waals surface area contributed by atoms with Gasteiger partial charge in [-0.1, -0.05) is 12.1 Å². The predicted octanol–water partition coefficient (Wildman–Crippen LogP) is 2.42. The normalized spacial score (nSPS) is 28.5. The fraction of sp³-hybridized carbons (Fsp3) is 0.647. The first-order chi connectivity index (χ1) is 10.1. The lowest BCUT2D eigenvalue weighted by Crippen LogP contribution is -2.37. The summed E-state index contributed by atoms with van der Waals surface area (Å²) >= 11 is 0. The Morgan fingerprint density at radius 1 is 1.19 bits per heavy atom. The molecule has 3 rings (SSSR count). The zero-order chi connectivity index (χ0) is 14.8. The highest BCUT2D eigenvalue weighted by Crippen LogP contribution is 2.29. The molecular formula is C17H25FN2O. The van der Waals surface area contributed by atoms with Gasteiger partial charge in [0.1, 0.15) is 5.82 Å². The molecule has 3 atom stereocenters. The third-order valence-corrected chi connectivity index (χ3v) is 5.21. The van der Waals surface area contributed by atoms with Crippen molar-refractivity contribution in [2.24, 2.45) is 0 Å². The molecule has 0 spiro atoms. The van der Waals surface area contributed by atoms with Crippen LogP contribution in [-0.4, -0.2) is 53.7 Å². The molecule has 2 bridgehead atoms. The summed E-state index contributed by atoms with van der Waals surface area (Å²) in [6.07, 6.45) is 4.10. The van der Waals surface area contributed by atoms with Crippen molar-refractivity contribution in [2.45, 2.75) is 43.9 Å². The van der Waals surface area contributed by atoms with Crippen LogP contribution in [0.3, 0.4) is 0 Å². The Bertz CT molecular complexity index is 464. The van der Waals surface area contributed by atoms with Crippen molar-refractivity contribution in [1.29, 1.82) is 0 Å². The Balaban J connectivity index is 1.52. The van der Waals surface area contributed by atoms with E-state index in [0.29, 0.717) is 12.5 Å². The van der Waals surface area contributed by atoms with Gasteiger partial charge in [0.05, 0.1) is 6.10 Å². The molecule has 0 radical (unpaired) electrons. The molecule has 3 unspecified atom stereocenters. The third kappa shape index (κ3) is 3.44. The van der Waals surface area contributed by atoms with Gasteiger partial charge >= 0.3 is 0 Å². The standard InChI is InChI=1S/C17H25FN2O/c1-19-15-6-7-16(19)12-20(10-8-15)11-9-17(21)13-2-4-14(18)5-3-13/h2-5,15-17,21H,6-12H2,1H3. The summed E-state index contributed by atoms with van der Waals surface area (Å²) in [6.45, 7) is 3.15. The number of rotatable bonds is 4. The van der Waals surface area contributed by atoms with E-state index in [9.17, 15) is 9.50 Å². The summed E-state index contributed by atoms with van der Waals surface area (Å²) in [6, 6.07) is 7.62. The van der Waals surface area contributed by atoms with Crippen LogP contribution in [0.4, 0.5) is 4.39 Å². The van der Waals surface area contributed by atoms with E-state index in [4.69, 9.17) is 0 Å². The van der Waals surface area contributed by atoms with Crippen LogP contribution in [0.25, 0.3) is 0 Å². The lowest BCUT2D eigenvalue weighted by atomic mass is 10.0. The molecule has 2 aliphatic heterocycles. The molecule has 21 heavy (non-hydrogen) atoms. The van der Waals surface area contributed by atoms with Crippen molar-refractivity contribution >= 4 is 0 Å². The zero-order valence-corrected chi connectivity index (χ0v) is 12.7. The van der Waals surface area contributed by atoms with Crippen molar-refractivity contribution in [3.05, 3.63) is 35.6 Å². The summed E-state index contributed by atoms with van der Waals surface area (Å²) in [4.78, 5) is 5.02. The van der Waals surface area contributed by atoms with E-state index in [1.807, 2.05) is 0 Å². The topological polar surface area (TPSA) is 26.7 Å². The van der Waals surface area contributed by atoms with Gasteiger partial charge in [-0.25, -0.2) is 4.39 Å². The first-order valence-electron chi connectivity index (χ1n) is 8.01. The molecule has 2 fully saturated rings. The number of fused-ring (bicyclic) bond motifs is 2. The minimum Gasteiger partial charge on any atom is -0.388 e.